The lowest BCUT2D eigenvalue weighted by atomic mass is 10.0. The topological polar surface area (TPSA) is 70.6 Å². The summed E-state index contributed by atoms with van der Waals surface area (Å²) < 4.78 is 5.80. The van der Waals surface area contributed by atoms with Gasteiger partial charge >= 0.3 is 0 Å². The lowest BCUT2D eigenvalue weighted by Gasteiger charge is -2.26. The molecule has 0 aliphatic carbocycles. The van der Waals surface area contributed by atoms with Crippen LogP contribution in [0.1, 0.15) is 41.4 Å². The predicted octanol–water partition coefficient (Wildman–Crippen LogP) is 2.60. The van der Waals surface area contributed by atoms with Crippen molar-refractivity contribution in [3.8, 4) is 5.75 Å². The summed E-state index contributed by atoms with van der Waals surface area (Å²) in [6.45, 7) is 5.75. The summed E-state index contributed by atoms with van der Waals surface area (Å²) in [4.78, 5) is 26.6. The quantitative estimate of drug-likeness (QED) is 0.791. The lowest BCUT2D eigenvalue weighted by Crippen LogP contribution is -2.30. The molecule has 4 rings (SSSR count). The molecule has 0 radical (unpaired) electrons. The summed E-state index contributed by atoms with van der Waals surface area (Å²) >= 11 is 0. The van der Waals surface area contributed by atoms with E-state index in [1.54, 1.807) is 0 Å². The van der Waals surface area contributed by atoms with E-state index in [0.717, 1.165) is 61.1 Å². The highest BCUT2D eigenvalue weighted by Gasteiger charge is 2.31. The molecule has 1 aromatic carbocycles. The highest BCUT2D eigenvalue weighted by Crippen LogP contribution is 2.30. The first-order valence-electron chi connectivity index (χ1n) is 10.8. The third-order valence-electron chi connectivity index (χ3n) is 6.08. The largest absolute Gasteiger partial charge is 0.493 e. The summed E-state index contributed by atoms with van der Waals surface area (Å²) in [5.41, 5.74) is 3.44. The van der Waals surface area contributed by atoms with Crippen LogP contribution in [0.3, 0.4) is 0 Å². The minimum absolute atomic E-state index is 0.138. The molecule has 2 aliphatic rings. The fourth-order valence-electron chi connectivity index (χ4n) is 4.28. The molecule has 3 heterocycles. The van der Waals surface area contributed by atoms with E-state index in [9.17, 15) is 4.79 Å². The number of fused-ring (bicyclic) bond motifs is 1. The Morgan fingerprint density at radius 1 is 1.27 bits per heavy atom. The molecule has 2 aromatic rings. The zero-order chi connectivity index (χ0) is 21.1. The Morgan fingerprint density at radius 3 is 2.90 bits per heavy atom. The number of amides is 1. The predicted molar refractivity (Wildman–Crippen MR) is 117 cm³/mol. The van der Waals surface area contributed by atoms with Crippen molar-refractivity contribution in [3.63, 3.8) is 0 Å². The summed E-state index contributed by atoms with van der Waals surface area (Å²) in [5.74, 6) is 2.98. The first-order valence-corrected chi connectivity index (χ1v) is 10.8. The molecular formula is C23H31N5O2. The highest BCUT2D eigenvalue weighted by molar-refractivity contribution is 5.76. The van der Waals surface area contributed by atoms with E-state index < -0.39 is 0 Å². The molecule has 1 aromatic heterocycles. The van der Waals surface area contributed by atoms with Crippen molar-refractivity contribution in [2.24, 2.45) is 0 Å². The molecule has 1 N–H and O–H groups in total. The normalized spacial score (nSPS) is 18.9. The molecule has 1 atom stereocenters. The van der Waals surface area contributed by atoms with Crippen LogP contribution in [-0.4, -0.2) is 66.0 Å². The van der Waals surface area contributed by atoms with Gasteiger partial charge in [-0.3, -0.25) is 4.79 Å². The zero-order valence-corrected chi connectivity index (χ0v) is 18.1. The molecule has 1 saturated heterocycles. The van der Waals surface area contributed by atoms with Gasteiger partial charge in [0, 0.05) is 51.1 Å². The van der Waals surface area contributed by atoms with E-state index in [4.69, 9.17) is 14.7 Å². The van der Waals surface area contributed by atoms with Crippen LogP contribution in [0.4, 0.5) is 5.82 Å². The van der Waals surface area contributed by atoms with E-state index in [1.165, 1.54) is 5.56 Å². The highest BCUT2D eigenvalue weighted by atomic mass is 16.5. The van der Waals surface area contributed by atoms with Crippen LogP contribution in [0.25, 0.3) is 0 Å². The van der Waals surface area contributed by atoms with Gasteiger partial charge in [-0.1, -0.05) is 18.2 Å². The van der Waals surface area contributed by atoms with Crippen molar-refractivity contribution >= 4 is 11.7 Å². The Balaban J connectivity index is 1.36. The fraction of sp³-hybridized carbons (Fsp3) is 0.522. The number of carbonyl (C=O) groups excluding carboxylic acids is 1. The number of hydrogen-bond donors (Lipinski definition) is 1. The van der Waals surface area contributed by atoms with E-state index in [0.29, 0.717) is 19.6 Å². The third-order valence-corrected chi connectivity index (χ3v) is 6.08. The number of likely N-dealkylation sites (N-methyl/N-ethyl adjacent to an activating group) is 1. The number of aryl methyl sites for hydroxylation is 1. The molecule has 0 saturated carbocycles. The maximum Gasteiger partial charge on any atom is 0.226 e. The van der Waals surface area contributed by atoms with Crippen LogP contribution in [0.2, 0.25) is 0 Å². The summed E-state index contributed by atoms with van der Waals surface area (Å²) in [6, 6.07) is 7.89. The molecule has 30 heavy (non-hydrogen) atoms. The number of benzene rings is 1. The standard InChI is InChI=1S/C23H31N5O2/c1-16-6-4-5-7-20(16)30-13-10-21(29)28-12-8-17(14-28)22-25-19-9-11-27(3)15-18(19)23(24-2)26-22/h4-7,17H,8-15H2,1-3H3,(H,24,25,26)/t17-/m0/s1. The Hall–Kier alpha value is -2.67. The second kappa shape index (κ2) is 9.00. The van der Waals surface area contributed by atoms with E-state index in [1.807, 2.05) is 43.1 Å². The smallest absolute Gasteiger partial charge is 0.226 e. The van der Waals surface area contributed by atoms with E-state index in [2.05, 4.69) is 17.3 Å². The van der Waals surface area contributed by atoms with Gasteiger partial charge in [-0.25, -0.2) is 9.97 Å². The molecule has 7 heteroatoms. The second-order valence-corrected chi connectivity index (χ2v) is 8.28. The van der Waals surface area contributed by atoms with Gasteiger partial charge in [0.1, 0.15) is 17.4 Å². The number of carbonyl (C=O) groups is 1. The van der Waals surface area contributed by atoms with Crippen molar-refractivity contribution in [1.82, 2.24) is 19.8 Å². The minimum Gasteiger partial charge on any atom is -0.493 e. The molecule has 0 spiro atoms. The van der Waals surface area contributed by atoms with Crippen LogP contribution in [0.15, 0.2) is 24.3 Å². The molecule has 0 unspecified atom stereocenters. The van der Waals surface area contributed by atoms with Crippen molar-refractivity contribution in [3.05, 3.63) is 46.9 Å². The number of anilines is 1. The average molecular weight is 410 g/mol. The van der Waals surface area contributed by atoms with Gasteiger partial charge in [0.25, 0.3) is 0 Å². The monoisotopic (exact) mass is 409 g/mol. The molecule has 160 valence electrons. The van der Waals surface area contributed by atoms with Crippen LogP contribution in [0.5, 0.6) is 5.75 Å². The second-order valence-electron chi connectivity index (χ2n) is 8.28. The number of nitrogens with zero attached hydrogens (tertiary/aromatic N) is 4. The minimum atomic E-state index is 0.138. The molecule has 0 bridgehead atoms. The molecular weight excluding hydrogens is 378 g/mol. The van der Waals surface area contributed by atoms with Crippen LogP contribution in [-0.2, 0) is 17.8 Å². The SMILES string of the molecule is CNc1nc([C@H]2CCN(C(=O)CCOc3ccccc3C)C2)nc2c1CN(C)CC2. The van der Waals surface area contributed by atoms with Gasteiger partial charge in [0.05, 0.1) is 18.7 Å². The first-order chi connectivity index (χ1) is 14.5. The van der Waals surface area contributed by atoms with Gasteiger partial charge in [-0.05, 0) is 32.0 Å². The van der Waals surface area contributed by atoms with Crippen LogP contribution >= 0.6 is 0 Å². The van der Waals surface area contributed by atoms with E-state index >= 15 is 0 Å². The van der Waals surface area contributed by atoms with Crippen molar-refractivity contribution in [2.75, 3.05) is 45.7 Å². The van der Waals surface area contributed by atoms with Gasteiger partial charge in [-0.15, -0.1) is 0 Å². The number of ether oxygens (including phenoxy) is 1. The average Bonchev–Trinajstić information content (AvgIpc) is 3.25. The van der Waals surface area contributed by atoms with Gasteiger partial charge < -0.3 is 19.9 Å². The number of nitrogens with one attached hydrogen (secondary N) is 1. The summed E-state index contributed by atoms with van der Waals surface area (Å²) in [6.07, 6.45) is 2.24. The van der Waals surface area contributed by atoms with Gasteiger partial charge in [0.2, 0.25) is 5.91 Å². The number of hydrogen-bond acceptors (Lipinski definition) is 6. The maximum atomic E-state index is 12.7. The van der Waals surface area contributed by atoms with E-state index in [-0.39, 0.29) is 11.8 Å². The number of para-hydroxylation sites is 1. The zero-order valence-electron chi connectivity index (χ0n) is 18.1. The molecule has 2 aliphatic heterocycles. The summed E-state index contributed by atoms with van der Waals surface area (Å²) in [7, 11) is 4.04. The Labute approximate surface area is 178 Å². The fourth-order valence-corrected chi connectivity index (χ4v) is 4.28. The third kappa shape index (κ3) is 4.41. The van der Waals surface area contributed by atoms with Crippen molar-refractivity contribution in [1.29, 1.82) is 0 Å². The van der Waals surface area contributed by atoms with Crippen molar-refractivity contribution < 1.29 is 9.53 Å². The van der Waals surface area contributed by atoms with Crippen LogP contribution < -0.4 is 10.1 Å². The number of aromatic nitrogens is 2. The Morgan fingerprint density at radius 2 is 2.10 bits per heavy atom. The Bertz CT molecular complexity index is 899. The Kier molecular flexibility index (Phi) is 6.18. The van der Waals surface area contributed by atoms with Crippen LogP contribution in [0, 0.1) is 6.92 Å². The van der Waals surface area contributed by atoms with Gasteiger partial charge in [-0.2, -0.15) is 0 Å². The molecule has 7 nitrogen and oxygen atoms in total. The van der Waals surface area contributed by atoms with Crippen molar-refractivity contribution in [2.45, 2.75) is 38.6 Å². The molecule has 1 amide bonds. The van der Waals surface area contributed by atoms with Gasteiger partial charge in [0.15, 0.2) is 0 Å². The maximum absolute atomic E-state index is 12.7. The number of likely N-dealkylation sites (tertiary alicyclic amines) is 1. The first kappa shape index (κ1) is 20.6. The lowest BCUT2D eigenvalue weighted by molar-refractivity contribution is -0.130. The number of rotatable bonds is 6. The summed E-state index contributed by atoms with van der Waals surface area (Å²) in [5, 5.41) is 3.25. The molecule has 1 fully saturated rings.